The van der Waals surface area contributed by atoms with E-state index in [9.17, 15) is 4.79 Å². The number of rotatable bonds is 3. The molecule has 1 heterocycles. The van der Waals surface area contributed by atoms with Crippen LogP contribution in [0.25, 0.3) is 0 Å². The van der Waals surface area contributed by atoms with Crippen molar-refractivity contribution in [3.8, 4) is 0 Å². The van der Waals surface area contributed by atoms with Gasteiger partial charge in [0, 0.05) is 7.11 Å². The van der Waals surface area contributed by atoms with Crippen LogP contribution >= 0.6 is 0 Å². The molecule has 0 unspecified atom stereocenters. The van der Waals surface area contributed by atoms with Crippen LogP contribution in [-0.2, 0) is 14.3 Å². The molecular formula is C8H13NO3. The standard InChI is InChI=1S/C8H13NO3/c1-11-7-2-6(7)8(10)9-5-3-12-4-5/h5-7H,2-4H2,1H3,(H,9,10)/t6-,7-/m1/s1. The fourth-order valence-corrected chi connectivity index (χ4v) is 1.34. The Morgan fingerprint density at radius 2 is 2.33 bits per heavy atom. The Hall–Kier alpha value is -0.610. The van der Waals surface area contributed by atoms with E-state index in [0.717, 1.165) is 6.42 Å². The van der Waals surface area contributed by atoms with Crippen molar-refractivity contribution in [3.63, 3.8) is 0 Å². The van der Waals surface area contributed by atoms with Crippen LogP contribution in [0.15, 0.2) is 0 Å². The summed E-state index contributed by atoms with van der Waals surface area (Å²) in [5.74, 6) is 0.214. The Kier molecular flexibility index (Phi) is 2.02. The van der Waals surface area contributed by atoms with E-state index in [-0.39, 0.29) is 24.0 Å². The van der Waals surface area contributed by atoms with Crippen molar-refractivity contribution < 1.29 is 14.3 Å². The van der Waals surface area contributed by atoms with E-state index in [0.29, 0.717) is 13.2 Å². The van der Waals surface area contributed by atoms with Gasteiger partial charge in [-0.1, -0.05) is 0 Å². The summed E-state index contributed by atoms with van der Waals surface area (Å²) in [6.45, 7) is 1.33. The van der Waals surface area contributed by atoms with Crippen molar-refractivity contribution in [2.45, 2.75) is 18.6 Å². The molecule has 4 nitrogen and oxygen atoms in total. The fourth-order valence-electron chi connectivity index (χ4n) is 1.34. The molecule has 2 atom stereocenters. The van der Waals surface area contributed by atoms with E-state index in [1.807, 2.05) is 0 Å². The predicted octanol–water partition coefficient (Wildman–Crippen LogP) is -0.464. The van der Waals surface area contributed by atoms with Crippen LogP contribution in [0, 0.1) is 5.92 Å². The molecule has 2 fully saturated rings. The molecule has 2 aliphatic rings. The number of carbonyl (C=O) groups is 1. The second-order valence-electron chi connectivity index (χ2n) is 3.36. The van der Waals surface area contributed by atoms with Gasteiger partial charge in [0.25, 0.3) is 0 Å². The minimum atomic E-state index is 0.0931. The van der Waals surface area contributed by atoms with E-state index in [4.69, 9.17) is 9.47 Å². The first-order valence-electron chi connectivity index (χ1n) is 4.22. The summed E-state index contributed by atoms with van der Waals surface area (Å²) in [6.07, 6.45) is 1.03. The van der Waals surface area contributed by atoms with Gasteiger partial charge in [-0.05, 0) is 6.42 Å². The highest BCUT2D eigenvalue weighted by molar-refractivity contribution is 5.82. The lowest BCUT2D eigenvalue weighted by molar-refractivity contribution is -0.127. The Balaban J connectivity index is 1.71. The molecule has 68 valence electrons. The van der Waals surface area contributed by atoms with Gasteiger partial charge in [-0.3, -0.25) is 4.79 Å². The maximum Gasteiger partial charge on any atom is 0.226 e. The predicted molar refractivity (Wildman–Crippen MR) is 41.7 cm³/mol. The molecule has 4 heteroatoms. The van der Waals surface area contributed by atoms with Crippen molar-refractivity contribution in [1.29, 1.82) is 0 Å². The molecule has 0 spiro atoms. The molecule has 1 amide bonds. The van der Waals surface area contributed by atoms with E-state index in [1.165, 1.54) is 0 Å². The van der Waals surface area contributed by atoms with Crippen molar-refractivity contribution >= 4 is 5.91 Å². The van der Waals surface area contributed by atoms with Gasteiger partial charge in [0.15, 0.2) is 0 Å². The van der Waals surface area contributed by atoms with Gasteiger partial charge in [-0.15, -0.1) is 0 Å². The second kappa shape index (κ2) is 3.03. The number of hydrogen-bond donors (Lipinski definition) is 1. The smallest absolute Gasteiger partial charge is 0.226 e. The molecule has 1 saturated heterocycles. The van der Waals surface area contributed by atoms with Crippen LogP contribution in [0.1, 0.15) is 6.42 Å². The summed E-state index contributed by atoms with van der Waals surface area (Å²) >= 11 is 0. The molecule has 1 saturated carbocycles. The van der Waals surface area contributed by atoms with Gasteiger partial charge in [-0.25, -0.2) is 0 Å². The van der Waals surface area contributed by atoms with Gasteiger partial charge in [-0.2, -0.15) is 0 Å². The summed E-state index contributed by atoms with van der Waals surface area (Å²) in [4.78, 5) is 11.3. The third-order valence-electron chi connectivity index (χ3n) is 2.36. The van der Waals surface area contributed by atoms with E-state index in [2.05, 4.69) is 5.32 Å². The molecule has 0 radical (unpaired) electrons. The first kappa shape index (κ1) is 8.01. The van der Waals surface area contributed by atoms with Crippen LogP contribution in [-0.4, -0.2) is 38.4 Å². The third kappa shape index (κ3) is 1.44. The van der Waals surface area contributed by atoms with Gasteiger partial charge < -0.3 is 14.8 Å². The van der Waals surface area contributed by atoms with Crippen molar-refractivity contribution in [3.05, 3.63) is 0 Å². The average molecular weight is 171 g/mol. The highest BCUT2D eigenvalue weighted by Gasteiger charge is 2.44. The van der Waals surface area contributed by atoms with Gasteiger partial charge >= 0.3 is 0 Å². The average Bonchev–Trinajstić information content (AvgIpc) is 2.74. The van der Waals surface area contributed by atoms with E-state index >= 15 is 0 Å². The Morgan fingerprint density at radius 3 is 2.75 bits per heavy atom. The Bertz CT molecular complexity index is 191. The lowest BCUT2D eigenvalue weighted by Gasteiger charge is -2.26. The molecule has 12 heavy (non-hydrogen) atoms. The quantitative estimate of drug-likeness (QED) is 0.625. The molecule has 0 aromatic carbocycles. The first-order chi connectivity index (χ1) is 5.81. The number of hydrogen-bond acceptors (Lipinski definition) is 3. The molecule has 0 aromatic rings. The van der Waals surface area contributed by atoms with E-state index < -0.39 is 0 Å². The molecule has 0 bridgehead atoms. The monoisotopic (exact) mass is 171 g/mol. The van der Waals surface area contributed by atoms with Crippen LogP contribution < -0.4 is 5.32 Å². The molecule has 1 N–H and O–H groups in total. The van der Waals surface area contributed by atoms with E-state index in [1.54, 1.807) is 7.11 Å². The van der Waals surface area contributed by atoms with Crippen LogP contribution in [0.2, 0.25) is 0 Å². The molecular weight excluding hydrogens is 158 g/mol. The van der Waals surface area contributed by atoms with Gasteiger partial charge in [0.05, 0.1) is 31.3 Å². The molecule has 2 rings (SSSR count). The minimum Gasteiger partial charge on any atom is -0.381 e. The first-order valence-corrected chi connectivity index (χ1v) is 4.22. The van der Waals surface area contributed by atoms with Crippen molar-refractivity contribution in [1.82, 2.24) is 5.32 Å². The number of methoxy groups -OCH3 is 1. The zero-order valence-corrected chi connectivity index (χ0v) is 7.08. The highest BCUT2D eigenvalue weighted by atomic mass is 16.5. The molecule has 0 aromatic heterocycles. The number of amides is 1. The fraction of sp³-hybridized carbons (Fsp3) is 0.875. The van der Waals surface area contributed by atoms with Gasteiger partial charge in [0.2, 0.25) is 5.91 Å². The van der Waals surface area contributed by atoms with Crippen molar-refractivity contribution in [2.75, 3.05) is 20.3 Å². The second-order valence-corrected chi connectivity index (χ2v) is 3.36. The summed E-state index contributed by atoms with van der Waals surface area (Å²) < 4.78 is 9.98. The Morgan fingerprint density at radius 1 is 1.58 bits per heavy atom. The normalized spacial score (nSPS) is 34.1. The highest BCUT2D eigenvalue weighted by Crippen LogP contribution is 2.33. The lowest BCUT2D eigenvalue weighted by atomic mass is 10.2. The van der Waals surface area contributed by atoms with Crippen molar-refractivity contribution in [2.24, 2.45) is 5.92 Å². The van der Waals surface area contributed by atoms with Crippen LogP contribution in [0.4, 0.5) is 0 Å². The molecule has 1 aliphatic carbocycles. The zero-order chi connectivity index (χ0) is 8.55. The summed E-state index contributed by atoms with van der Waals surface area (Å²) in [5, 5.41) is 2.90. The largest absolute Gasteiger partial charge is 0.381 e. The van der Waals surface area contributed by atoms with Crippen LogP contribution in [0.5, 0.6) is 0 Å². The number of carbonyl (C=O) groups excluding carboxylic acids is 1. The number of ether oxygens (including phenoxy) is 2. The SMILES string of the molecule is CO[C@@H]1C[C@H]1C(=O)NC1COC1. The zero-order valence-electron chi connectivity index (χ0n) is 7.08. The summed E-state index contributed by atoms with van der Waals surface area (Å²) in [5.41, 5.74) is 0. The third-order valence-corrected chi connectivity index (χ3v) is 2.36. The summed E-state index contributed by atoms with van der Waals surface area (Å²) in [7, 11) is 1.64. The lowest BCUT2D eigenvalue weighted by Crippen LogP contribution is -2.49. The Labute approximate surface area is 71.2 Å². The number of nitrogens with one attached hydrogen (secondary N) is 1. The maximum absolute atomic E-state index is 11.3. The van der Waals surface area contributed by atoms with Gasteiger partial charge in [0.1, 0.15) is 0 Å². The minimum absolute atomic E-state index is 0.0931. The summed E-state index contributed by atoms with van der Waals surface area (Å²) in [6, 6.07) is 0.246. The topological polar surface area (TPSA) is 47.6 Å². The van der Waals surface area contributed by atoms with Crippen LogP contribution in [0.3, 0.4) is 0 Å². The maximum atomic E-state index is 11.3. The molecule has 1 aliphatic heterocycles.